The first-order valence-corrected chi connectivity index (χ1v) is 9.97. The molecule has 144 valence electrons. The highest BCUT2D eigenvalue weighted by atomic mass is 16.5. The molecule has 1 heterocycles. The van der Waals surface area contributed by atoms with Crippen molar-refractivity contribution in [3.63, 3.8) is 0 Å². The molecule has 5 heteroatoms. The molecule has 3 atom stereocenters. The van der Waals surface area contributed by atoms with Gasteiger partial charge in [0.15, 0.2) is 11.5 Å². The fourth-order valence-corrected chi connectivity index (χ4v) is 5.44. The molecule has 3 aliphatic rings. The first-order chi connectivity index (χ1) is 12.7. The molecule has 26 heavy (non-hydrogen) atoms. The van der Waals surface area contributed by atoms with E-state index >= 15 is 0 Å². The van der Waals surface area contributed by atoms with E-state index in [0.717, 1.165) is 43.3 Å². The number of methoxy groups -OCH3 is 3. The molecule has 1 aromatic rings. The molecule has 0 amide bonds. The van der Waals surface area contributed by atoms with Crippen LogP contribution in [0.3, 0.4) is 0 Å². The fraction of sp³-hybridized carbons (Fsp3) is 0.714. The highest BCUT2D eigenvalue weighted by Gasteiger charge is 2.42. The molecule has 4 rings (SSSR count). The van der Waals surface area contributed by atoms with Gasteiger partial charge in [-0.15, -0.1) is 0 Å². The van der Waals surface area contributed by atoms with E-state index in [1.54, 1.807) is 21.3 Å². The van der Waals surface area contributed by atoms with Crippen LogP contribution in [0.5, 0.6) is 17.2 Å². The lowest BCUT2D eigenvalue weighted by Gasteiger charge is -2.41. The van der Waals surface area contributed by atoms with E-state index in [4.69, 9.17) is 14.2 Å². The number of ether oxygens (including phenoxy) is 3. The number of hydrogen-bond donors (Lipinski definition) is 0. The largest absolute Gasteiger partial charge is 0.493 e. The van der Waals surface area contributed by atoms with Crippen molar-refractivity contribution < 1.29 is 14.2 Å². The van der Waals surface area contributed by atoms with Crippen molar-refractivity contribution in [3.8, 4) is 17.2 Å². The van der Waals surface area contributed by atoms with E-state index in [1.807, 2.05) is 6.07 Å². The van der Waals surface area contributed by atoms with Crippen LogP contribution in [0.2, 0.25) is 0 Å². The maximum absolute atomic E-state index is 5.65. The lowest BCUT2D eigenvalue weighted by atomic mass is 9.93. The Morgan fingerprint density at radius 3 is 2.23 bits per heavy atom. The van der Waals surface area contributed by atoms with Crippen molar-refractivity contribution >= 4 is 0 Å². The summed E-state index contributed by atoms with van der Waals surface area (Å²) in [4.78, 5) is 5.31. The number of benzene rings is 1. The molecule has 2 aliphatic carbocycles. The van der Waals surface area contributed by atoms with Crippen molar-refractivity contribution in [1.82, 2.24) is 9.80 Å². The minimum atomic E-state index is 0.688. The van der Waals surface area contributed by atoms with E-state index in [0.29, 0.717) is 11.5 Å². The Balaban J connectivity index is 1.38. The SMILES string of the molecule is COc1ccc(CN2CCN(C3CC4CCC3C4)CC2)c(OC)c1OC. The lowest BCUT2D eigenvalue weighted by molar-refractivity contribution is 0.0675. The maximum Gasteiger partial charge on any atom is 0.203 e. The third kappa shape index (κ3) is 3.27. The van der Waals surface area contributed by atoms with Crippen LogP contribution in [0.4, 0.5) is 0 Å². The van der Waals surface area contributed by atoms with Crippen LogP contribution < -0.4 is 14.2 Å². The van der Waals surface area contributed by atoms with Gasteiger partial charge < -0.3 is 14.2 Å². The zero-order valence-corrected chi connectivity index (χ0v) is 16.4. The average molecular weight is 360 g/mol. The Hall–Kier alpha value is -1.46. The zero-order valence-electron chi connectivity index (χ0n) is 16.4. The van der Waals surface area contributed by atoms with Crippen LogP contribution in [0, 0.1) is 11.8 Å². The molecule has 5 nitrogen and oxygen atoms in total. The Labute approximate surface area is 157 Å². The topological polar surface area (TPSA) is 34.2 Å². The minimum absolute atomic E-state index is 0.688. The molecule has 3 unspecified atom stereocenters. The number of piperazine rings is 1. The molecule has 0 spiro atoms. The van der Waals surface area contributed by atoms with Crippen LogP contribution in [-0.4, -0.2) is 63.4 Å². The van der Waals surface area contributed by atoms with E-state index < -0.39 is 0 Å². The standard InChI is InChI=1S/C21H32N2O3/c1-24-19-7-6-17(20(25-2)21(19)26-3)14-22-8-10-23(11-9-22)18-13-15-4-5-16(18)12-15/h6-7,15-16,18H,4-5,8-14H2,1-3H3. The molecule has 0 N–H and O–H groups in total. The Bertz CT molecular complexity index is 628. The second kappa shape index (κ2) is 7.65. The molecule has 3 fully saturated rings. The number of hydrogen-bond acceptors (Lipinski definition) is 5. The van der Waals surface area contributed by atoms with E-state index in [1.165, 1.54) is 44.3 Å². The van der Waals surface area contributed by atoms with E-state index in [-0.39, 0.29) is 0 Å². The summed E-state index contributed by atoms with van der Waals surface area (Å²) in [6.07, 6.45) is 5.90. The monoisotopic (exact) mass is 360 g/mol. The summed E-state index contributed by atoms with van der Waals surface area (Å²) in [6, 6.07) is 4.94. The van der Waals surface area contributed by atoms with Gasteiger partial charge in [0.25, 0.3) is 0 Å². The Morgan fingerprint density at radius 2 is 1.65 bits per heavy atom. The van der Waals surface area contributed by atoms with Crippen LogP contribution in [-0.2, 0) is 6.54 Å². The van der Waals surface area contributed by atoms with Gasteiger partial charge in [-0.2, -0.15) is 0 Å². The molecule has 1 saturated heterocycles. The molecule has 2 bridgehead atoms. The van der Waals surface area contributed by atoms with Gasteiger partial charge in [0.2, 0.25) is 5.75 Å². The quantitative estimate of drug-likeness (QED) is 0.779. The van der Waals surface area contributed by atoms with Gasteiger partial charge in [-0.3, -0.25) is 9.80 Å². The Morgan fingerprint density at radius 1 is 0.885 bits per heavy atom. The third-order valence-corrected chi connectivity index (χ3v) is 6.76. The summed E-state index contributed by atoms with van der Waals surface area (Å²) < 4.78 is 16.6. The average Bonchev–Trinajstić information content (AvgIpc) is 3.31. The van der Waals surface area contributed by atoms with Crippen molar-refractivity contribution in [2.24, 2.45) is 11.8 Å². The smallest absolute Gasteiger partial charge is 0.203 e. The first kappa shape index (κ1) is 17.9. The summed E-state index contributed by atoms with van der Waals surface area (Å²) >= 11 is 0. The maximum atomic E-state index is 5.65. The summed E-state index contributed by atoms with van der Waals surface area (Å²) in [5.74, 6) is 4.21. The van der Waals surface area contributed by atoms with Crippen LogP contribution in [0.1, 0.15) is 31.2 Å². The number of fused-ring (bicyclic) bond motifs is 2. The van der Waals surface area contributed by atoms with Crippen molar-refractivity contribution in [2.75, 3.05) is 47.5 Å². The van der Waals surface area contributed by atoms with Gasteiger partial charge in [0, 0.05) is 44.3 Å². The summed E-state index contributed by atoms with van der Waals surface area (Å²) in [6.45, 7) is 5.55. The zero-order chi connectivity index (χ0) is 18.1. The van der Waals surface area contributed by atoms with Crippen molar-refractivity contribution in [2.45, 2.75) is 38.3 Å². The normalized spacial score (nSPS) is 29.1. The highest BCUT2D eigenvalue weighted by molar-refractivity contribution is 5.55. The molecular formula is C21H32N2O3. The molecule has 0 radical (unpaired) electrons. The lowest BCUT2D eigenvalue weighted by Crippen LogP contribution is -2.51. The van der Waals surface area contributed by atoms with E-state index in [9.17, 15) is 0 Å². The minimum Gasteiger partial charge on any atom is -0.493 e. The molecular weight excluding hydrogens is 328 g/mol. The number of rotatable bonds is 6. The predicted octanol–water partition coefficient (Wildman–Crippen LogP) is 3.02. The molecule has 1 aromatic carbocycles. The van der Waals surface area contributed by atoms with Crippen molar-refractivity contribution in [3.05, 3.63) is 17.7 Å². The highest BCUT2D eigenvalue weighted by Crippen LogP contribution is 2.47. The van der Waals surface area contributed by atoms with Gasteiger partial charge in [0.1, 0.15) is 0 Å². The summed E-state index contributed by atoms with van der Waals surface area (Å²) in [5.41, 5.74) is 1.17. The van der Waals surface area contributed by atoms with E-state index in [2.05, 4.69) is 15.9 Å². The first-order valence-electron chi connectivity index (χ1n) is 9.97. The van der Waals surface area contributed by atoms with Gasteiger partial charge in [-0.25, -0.2) is 0 Å². The third-order valence-electron chi connectivity index (χ3n) is 6.76. The summed E-state index contributed by atoms with van der Waals surface area (Å²) in [7, 11) is 5.03. The van der Waals surface area contributed by atoms with Crippen molar-refractivity contribution in [1.29, 1.82) is 0 Å². The second-order valence-corrected chi connectivity index (χ2v) is 8.05. The molecule has 2 saturated carbocycles. The Kier molecular flexibility index (Phi) is 5.28. The van der Waals surface area contributed by atoms with Gasteiger partial charge in [-0.05, 0) is 37.2 Å². The molecule has 0 aromatic heterocycles. The molecule has 1 aliphatic heterocycles. The second-order valence-electron chi connectivity index (χ2n) is 8.05. The van der Waals surface area contributed by atoms with Crippen LogP contribution >= 0.6 is 0 Å². The van der Waals surface area contributed by atoms with Gasteiger partial charge >= 0.3 is 0 Å². The van der Waals surface area contributed by atoms with Crippen LogP contribution in [0.25, 0.3) is 0 Å². The van der Waals surface area contributed by atoms with Gasteiger partial charge in [0.05, 0.1) is 21.3 Å². The van der Waals surface area contributed by atoms with Gasteiger partial charge in [-0.1, -0.05) is 12.5 Å². The number of nitrogens with zero attached hydrogens (tertiary/aromatic N) is 2. The summed E-state index contributed by atoms with van der Waals surface area (Å²) in [5, 5.41) is 0. The van der Waals surface area contributed by atoms with Crippen LogP contribution in [0.15, 0.2) is 12.1 Å². The predicted molar refractivity (Wildman–Crippen MR) is 102 cm³/mol. The fourth-order valence-electron chi connectivity index (χ4n) is 5.44.